The maximum absolute atomic E-state index is 5.44. The molecule has 2 heterocycles. The lowest BCUT2D eigenvalue weighted by Gasteiger charge is -2.19. The van der Waals surface area contributed by atoms with Crippen molar-refractivity contribution >= 4 is 11.3 Å². The van der Waals surface area contributed by atoms with Gasteiger partial charge in [-0.1, -0.05) is 13.0 Å². The van der Waals surface area contributed by atoms with Crippen LogP contribution in [0.4, 0.5) is 0 Å². The molecule has 0 bridgehead atoms. The normalized spacial score (nSPS) is 12.4. The lowest BCUT2D eigenvalue weighted by molar-refractivity contribution is 0.407. The molecule has 4 heteroatoms. The minimum absolute atomic E-state index is 0.156. The zero-order valence-corrected chi connectivity index (χ0v) is 12.5. The van der Waals surface area contributed by atoms with E-state index in [1.54, 1.807) is 18.4 Å². The third kappa shape index (κ3) is 3.33. The van der Waals surface area contributed by atoms with Crippen molar-refractivity contribution in [2.75, 3.05) is 13.7 Å². The second kappa shape index (κ2) is 6.68. The molecule has 0 fully saturated rings. The first-order chi connectivity index (χ1) is 9.26. The van der Waals surface area contributed by atoms with Gasteiger partial charge in [0.1, 0.15) is 5.75 Å². The molecular weight excluding hydrogens is 256 g/mol. The van der Waals surface area contributed by atoms with E-state index >= 15 is 0 Å². The Morgan fingerprint density at radius 3 is 2.84 bits per heavy atom. The highest BCUT2D eigenvalue weighted by atomic mass is 32.1. The molecule has 102 valence electrons. The molecule has 0 saturated heterocycles. The van der Waals surface area contributed by atoms with Crippen LogP contribution in [-0.4, -0.2) is 18.6 Å². The third-order valence-electron chi connectivity index (χ3n) is 3.01. The summed E-state index contributed by atoms with van der Waals surface area (Å²) >= 11 is 1.72. The number of hydrogen-bond acceptors (Lipinski definition) is 4. The highest BCUT2D eigenvalue weighted by Crippen LogP contribution is 2.34. The maximum Gasteiger partial charge on any atom is 0.134 e. The molecule has 0 radical (unpaired) electrons. The molecule has 1 atom stereocenters. The summed E-state index contributed by atoms with van der Waals surface area (Å²) in [6.07, 6.45) is 3.05. The van der Waals surface area contributed by atoms with Gasteiger partial charge < -0.3 is 10.1 Å². The van der Waals surface area contributed by atoms with Crippen LogP contribution in [0.3, 0.4) is 0 Å². The zero-order chi connectivity index (χ0) is 13.7. The topological polar surface area (TPSA) is 34.2 Å². The molecule has 0 spiro atoms. The largest absolute Gasteiger partial charge is 0.496 e. The minimum Gasteiger partial charge on any atom is -0.496 e. The first kappa shape index (κ1) is 14.0. The average molecular weight is 276 g/mol. The lowest BCUT2D eigenvalue weighted by Crippen LogP contribution is -2.23. The summed E-state index contributed by atoms with van der Waals surface area (Å²) in [6, 6.07) is 6.36. The number of aryl methyl sites for hydroxylation is 1. The fraction of sp³-hybridized carbons (Fsp3) is 0.400. The molecule has 0 amide bonds. The van der Waals surface area contributed by atoms with Crippen LogP contribution in [0.5, 0.6) is 5.75 Å². The standard InChI is InChI=1S/C15H20N2OS/c1-4-8-16-14(12-6-5-11(2)17-10-12)15-13(18-3)7-9-19-15/h5-7,9-10,14,16H,4,8H2,1-3H3. The number of ether oxygens (including phenoxy) is 1. The summed E-state index contributed by atoms with van der Waals surface area (Å²) in [7, 11) is 1.72. The molecule has 1 N–H and O–H groups in total. The molecule has 0 aromatic carbocycles. The second-order valence-corrected chi connectivity index (χ2v) is 5.42. The van der Waals surface area contributed by atoms with E-state index in [-0.39, 0.29) is 6.04 Å². The molecule has 3 nitrogen and oxygen atoms in total. The summed E-state index contributed by atoms with van der Waals surface area (Å²) in [5.74, 6) is 0.944. The van der Waals surface area contributed by atoms with Crippen LogP contribution in [-0.2, 0) is 0 Å². The van der Waals surface area contributed by atoms with Crippen molar-refractivity contribution in [3.63, 3.8) is 0 Å². The number of methoxy groups -OCH3 is 1. The number of nitrogens with zero attached hydrogens (tertiary/aromatic N) is 1. The van der Waals surface area contributed by atoms with Crippen LogP contribution < -0.4 is 10.1 Å². The van der Waals surface area contributed by atoms with Gasteiger partial charge in [-0.25, -0.2) is 0 Å². The Morgan fingerprint density at radius 1 is 1.37 bits per heavy atom. The number of thiophene rings is 1. The fourth-order valence-corrected chi connectivity index (χ4v) is 2.95. The number of pyridine rings is 1. The minimum atomic E-state index is 0.156. The van der Waals surface area contributed by atoms with E-state index in [0.717, 1.165) is 24.4 Å². The predicted molar refractivity (Wildman–Crippen MR) is 80.0 cm³/mol. The van der Waals surface area contributed by atoms with Gasteiger partial charge in [-0.3, -0.25) is 4.98 Å². The Kier molecular flexibility index (Phi) is 4.93. The molecular formula is C15H20N2OS. The number of rotatable bonds is 6. The van der Waals surface area contributed by atoms with E-state index in [0.29, 0.717) is 0 Å². The SMILES string of the molecule is CCCNC(c1ccc(C)nc1)c1sccc1OC. The van der Waals surface area contributed by atoms with Gasteiger partial charge in [-0.2, -0.15) is 0 Å². The van der Waals surface area contributed by atoms with Gasteiger partial charge in [0.2, 0.25) is 0 Å². The lowest BCUT2D eigenvalue weighted by atomic mass is 10.1. The Labute approximate surface area is 118 Å². The average Bonchev–Trinajstić information content (AvgIpc) is 2.89. The van der Waals surface area contributed by atoms with E-state index in [4.69, 9.17) is 4.74 Å². The fourth-order valence-electron chi connectivity index (χ4n) is 1.99. The van der Waals surface area contributed by atoms with E-state index in [1.165, 1.54) is 10.4 Å². The van der Waals surface area contributed by atoms with Crippen LogP contribution in [0.15, 0.2) is 29.8 Å². The monoisotopic (exact) mass is 276 g/mol. The van der Waals surface area contributed by atoms with Gasteiger partial charge in [0.05, 0.1) is 18.0 Å². The predicted octanol–water partition coefficient (Wildman–Crippen LogP) is 3.55. The first-order valence-corrected chi connectivity index (χ1v) is 7.41. The van der Waals surface area contributed by atoms with Crippen LogP contribution >= 0.6 is 11.3 Å². The molecule has 2 rings (SSSR count). The summed E-state index contributed by atoms with van der Waals surface area (Å²) < 4.78 is 5.44. The number of hydrogen-bond donors (Lipinski definition) is 1. The molecule has 1 unspecified atom stereocenters. The smallest absolute Gasteiger partial charge is 0.134 e. The van der Waals surface area contributed by atoms with Crippen molar-refractivity contribution in [2.24, 2.45) is 0 Å². The van der Waals surface area contributed by atoms with Crippen LogP contribution in [0.25, 0.3) is 0 Å². The molecule has 2 aromatic rings. The molecule has 0 saturated carbocycles. The summed E-state index contributed by atoms with van der Waals surface area (Å²) in [5.41, 5.74) is 2.22. The molecule has 19 heavy (non-hydrogen) atoms. The number of aromatic nitrogens is 1. The van der Waals surface area contributed by atoms with Gasteiger partial charge in [0.25, 0.3) is 0 Å². The summed E-state index contributed by atoms with van der Waals surface area (Å²) in [5, 5.41) is 5.64. The van der Waals surface area contributed by atoms with E-state index in [1.807, 2.05) is 19.2 Å². The Balaban J connectivity index is 2.32. The van der Waals surface area contributed by atoms with Crippen LogP contribution in [0, 0.1) is 6.92 Å². The molecule has 0 aliphatic heterocycles. The Morgan fingerprint density at radius 2 is 2.21 bits per heavy atom. The van der Waals surface area contributed by atoms with Crippen molar-refractivity contribution in [3.05, 3.63) is 45.9 Å². The number of nitrogens with one attached hydrogen (secondary N) is 1. The van der Waals surface area contributed by atoms with Gasteiger partial charge in [-0.15, -0.1) is 11.3 Å². The van der Waals surface area contributed by atoms with Crippen LogP contribution in [0.2, 0.25) is 0 Å². The third-order valence-corrected chi connectivity index (χ3v) is 3.97. The highest BCUT2D eigenvalue weighted by molar-refractivity contribution is 7.10. The quantitative estimate of drug-likeness (QED) is 0.876. The highest BCUT2D eigenvalue weighted by Gasteiger charge is 2.19. The molecule has 2 aromatic heterocycles. The second-order valence-electron chi connectivity index (χ2n) is 4.47. The van der Waals surface area contributed by atoms with E-state index in [2.05, 4.69) is 34.7 Å². The van der Waals surface area contributed by atoms with Crippen molar-refractivity contribution in [1.29, 1.82) is 0 Å². The van der Waals surface area contributed by atoms with Gasteiger partial charge in [-0.05, 0) is 43.0 Å². The van der Waals surface area contributed by atoms with Gasteiger partial charge in [0, 0.05) is 11.9 Å². The van der Waals surface area contributed by atoms with Crippen molar-refractivity contribution in [1.82, 2.24) is 10.3 Å². The summed E-state index contributed by atoms with van der Waals surface area (Å²) in [4.78, 5) is 5.61. The molecule has 0 aliphatic carbocycles. The van der Waals surface area contributed by atoms with Crippen molar-refractivity contribution in [3.8, 4) is 5.75 Å². The van der Waals surface area contributed by atoms with Gasteiger partial charge in [0.15, 0.2) is 0 Å². The van der Waals surface area contributed by atoms with Gasteiger partial charge >= 0.3 is 0 Å². The summed E-state index contributed by atoms with van der Waals surface area (Å²) in [6.45, 7) is 5.15. The van der Waals surface area contributed by atoms with Crippen LogP contribution in [0.1, 0.15) is 35.5 Å². The Hall–Kier alpha value is -1.39. The molecule has 0 aliphatic rings. The van der Waals surface area contributed by atoms with E-state index < -0.39 is 0 Å². The maximum atomic E-state index is 5.44. The Bertz CT molecular complexity index is 507. The van der Waals surface area contributed by atoms with E-state index in [9.17, 15) is 0 Å². The van der Waals surface area contributed by atoms with Crippen molar-refractivity contribution < 1.29 is 4.74 Å². The van der Waals surface area contributed by atoms with Crippen molar-refractivity contribution in [2.45, 2.75) is 26.3 Å². The first-order valence-electron chi connectivity index (χ1n) is 6.53. The zero-order valence-electron chi connectivity index (χ0n) is 11.6.